The first kappa shape index (κ1) is 8.48. The van der Waals surface area contributed by atoms with E-state index in [4.69, 9.17) is 0 Å². The zero-order valence-corrected chi connectivity index (χ0v) is 8.83. The molecule has 0 atom stereocenters. The van der Waals surface area contributed by atoms with E-state index in [-0.39, 0.29) is 0 Å². The molecule has 2 heteroatoms. The van der Waals surface area contributed by atoms with Gasteiger partial charge in [0.1, 0.15) is 0 Å². The lowest BCUT2D eigenvalue weighted by Gasteiger charge is -2.01. The number of hydrogen-bond acceptors (Lipinski definition) is 1. The fraction of sp³-hybridized carbons (Fsp3) is 0.154. The molecule has 2 aromatic heterocycles. The maximum absolute atomic E-state index is 4.25. The summed E-state index contributed by atoms with van der Waals surface area (Å²) in [5.74, 6) is 0. The Kier molecular flexibility index (Phi) is 1.60. The zero-order valence-electron chi connectivity index (χ0n) is 8.83. The van der Waals surface area contributed by atoms with Gasteiger partial charge in [0.2, 0.25) is 0 Å². The Bertz CT molecular complexity index is 650. The molecule has 15 heavy (non-hydrogen) atoms. The second-order valence-corrected chi connectivity index (χ2v) is 4.03. The standard InChI is InChI=1S/C13H12N2/c1-8-6-14-7-12-11(8)4-3-10-5-9(2)15-13(10)12/h3-7,15H,1-2H3. The van der Waals surface area contributed by atoms with Crippen LogP contribution in [0.2, 0.25) is 0 Å². The quantitative estimate of drug-likeness (QED) is 0.587. The van der Waals surface area contributed by atoms with Crippen LogP contribution in [0.15, 0.2) is 30.6 Å². The highest BCUT2D eigenvalue weighted by Gasteiger charge is 2.04. The number of aryl methyl sites for hydroxylation is 2. The van der Waals surface area contributed by atoms with Gasteiger partial charge in [-0.2, -0.15) is 0 Å². The summed E-state index contributed by atoms with van der Waals surface area (Å²) < 4.78 is 0. The van der Waals surface area contributed by atoms with Gasteiger partial charge in [-0.25, -0.2) is 0 Å². The molecule has 0 aliphatic carbocycles. The van der Waals surface area contributed by atoms with Crippen molar-refractivity contribution >= 4 is 21.7 Å². The lowest BCUT2D eigenvalue weighted by atomic mass is 10.1. The van der Waals surface area contributed by atoms with Gasteiger partial charge in [0.05, 0.1) is 5.52 Å². The third-order valence-corrected chi connectivity index (χ3v) is 2.87. The lowest BCUT2D eigenvalue weighted by molar-refractivity contribution is 1.29. The molecule has 0 aliphatic rings. The molecule has 74 valence electrons. The average Bonchev–Trinajstić information content (AvgIpc) is 2.59. The van der Waals surface area contributed by atoms with E-state index in [1.54, 1.807) is 0 Å². The minimum absolute atomic E-state index is 1.19. The van der Waals surface area contributed by atoms with E-state index in [2.05, 4.69) is 42.0 Å². The number of aromatic amines is 1. The number of aromatic nitrogens is 2. The summed E-state index contributed by atoms with van der Waals surface area (Å²) in [5.41, 5.74) is 3.61. The first-order valence-corrected chi connectivity index (χ1v) is 5.08. The smallest absolute Gasteiger partial charge is 0.0551 e. The van der Waals surface area contributed by atoms with Gasteiger partial charge in [-0.1, -0.05) is 12.1 Å². The molecule has 2 nitrogen and oxygen atoms in total. The summed E-state index contributed by atoms with van der Waals surface area (Å²) in [6, 6.07) is 6.49. The van der Waals surface area contributed by atoms with Gasteiger partial charge in [0.15, 0.2) is 0 Å². The molecule has 0 unspecified atom stereocenters. The molecule has 3 rings (SSSR count). The normalized spacial score (nSPS) is 11.3. The third kappa shape index (κ3) is 1.14. The van der Waals surface area contributed by atoms with Crippen LogP contribution in [0.4, 0.5) is 0 Å². The summed E-state index contributed by atoms with van der Waals surface area (Å²) in [6.07, 6.45) is 3.84. The number of hydrogen-bond donors (Lipinski definition) is 1. The summed E-state index contributed by atoms with van der Waals surface area (Å²) in [5, 5.41) is 3.74. The van der Waals surface area contributed by atoms with Gasteiger partial charge in [0, 0.05) is 28.9 Å². The van der Waals surface area contributed by atoms with Crippen molar-refractivity contribution in [1.82, 2.24) is 9.97 Å². The van der Waals surface area contributed by atoms with Crippen LogP contribution in [-0.2, 0) is 0 Å². The number of rotatable bonds is 0. The summed E-state index contributed by atoms with van der Waals surface area (Å²) in [7, 11) is 0. The molecule has 0 saturated heterocycles. The van der Waals surface area contributed by atoms with Gasteiger partial charge in [0.25, 0.3) is 0 Å². The van der Waals surface area contributed by atoms with E-state index in [9.17, 15) is 0 Å². The molecule has 0 bridgehead atoms. The predicted octanol–water partition coefficient (Wildman–Crippen LogP) is 3.33. The molecule has 0 spiro atoms. The van der Waals surface area contributed by atoms with Crippen LogP contribution in [0, 0.1) is 13.8 Å². The highest BCUT2D eigenvalue weighted by Crippen LogP contribution is 2.26. The number of H-pyrrole nitrogens is 1. The van der Waals surface area contributed by atoms with Crippen molar-refractivity contribution in [3.63, 3.8) is 0 Å². The maximum Gasteiger partial charge on any atom is 0.0551 e. The molecule has 1 N–H and O–H groups in total. The van der Waals surface area contributed by atoms with E-state index in [0.717, 1.165) is 0 Å². The van der Waals surface area contributed by atoms with E-state index in [1.165, 1.54) is 32.9 Å². The number of nitrogens with zero attached hydrogens (tertiary/aromatic N) is 1. The van der Waals surface area contributed by atoms with Crippen LogP contribution in [0.3, 0.4) is 0 Å². The van der Waals surface area contributed by atoms with Crippen molar-refractivity contribution < 1.29 is 0 Å². The van der Waals surface area contributed by atoms with Crippen molar-refractivity contribution in [2.24, 2.45) is 0 Å². The van der Waals surface area contributed by atoms with Gasteiger partial charge >= 0.3 is 0 Å². The second kappa shape index (κ2) is 2.83. The summed E-state index contributed by atoms with van der Waals surface area (Å²) >= 11 is 0. The number of benzene rings is 1. The van der Waals surface area contributed by atoms with Crippen LogP contribution in [0.5, 0.6) is 0 Å². The van der Waals surface area contributed by atoms with Crippen LogP contribution in [0.25, 0.3) is 21.7 Å². The minimum Gasteiger partial charge on any atom is -0.358 e. The van der Waals surface area contributed by atoms with Crippen LogP contribution >= 0.6 is 0 Å². The Morgan fingerprint density at radius 2 is 1.93 bits per heavy atom. The van der Waals surface area contributed by atoms with Crippen molar-refractivity contribution in [1.29, 1.82) is 0 Å². The van der Waals surface area contributed by atoms with Gasteiger partial charge in [-0.3, -0.25) is 4.98 Å². The largest absolute Gasteiger partial charge is 0.358 e. The van der Waals surface area contributed by atoms with Gasteiger partial charge in [-0.05, 0) is 30.9 Å². The van der Waals surface area contributed by atoms with Crippen LogP contribution in [0.1, 0.15) is 11.3 Å². The Labute approximate surface area is 88.0 Å². The number of nitrogens with one attached hydrogen (secondary N) is 1. The Morgan fingerprint density at radius 1 is 1.07 bits per heavy atom. The molecule has 0 saturated carbocycles. The highest BCUT2D eigenvalue weighted by molar-refractivity contribution is 6.06. The summed E-state index contributed by atoms with van der Waals surface area (Å²) in [6.45, 7) is 4.17. The van der Waals surface area contributed by atoms with Gasteiger partial charge < -0.3 is 4.98 Å². The molecular formula is C13H12N2. The maximum atomic E-state index is 4.25. The Morgan fingerprint density at radius 3 is 2.80 bits per heavy atom. The molecule has 0 radical (unpaired) electrons. The van der Waals surface area contributed by atoms with Crippen molar-refractivity contribution in [2.45, 2.75) is 13.8 Å². The van der Waals surface area contributed by atoms with Crippen molar-refractivity contribution in [2.75, 3.05) is 0 Å². The molecule has 0 aliphatic heterocycles. The van der Waals surface area contributed by atoms with E-state index in [0.29, 0.717) is 0 Å². The van der Waals surface area contributed by atoms with Crippen molar-refractivity contribution in [3.8, 4) is 0 Å². The Hall–Kier alpha value is -1.83. The van der Waals surface area contributed by atoms with E-state index in [1.807, 2.05) is 12.4 Å². The third-order valence-electron chi connectivity index (χ3n) is 2.87. The first-order chi connectivity index (χ1) is 7.25. The topological polar surface area (TPSA) is 28.7 Å². The molecule has 1 aromatic carbocycles. The van der Waals surface area contributed by atoms with Crippen molar-refractivity contribution in [3.05, 3.63) is 41.9 Å². The molecule has 0 fully saturated rings. The second-order valence-electron chi connectivity index (χ2n) is 4.03. The fourth-order valence-electron chi connectivity index (χ4n) is 2.13. The summed E-state index contributed by atoms with van der Waals surface area (Å²) in [4.78, 5) is 7.64. The zero-order chi connectivity index (χ0) is 10.4. The van der Waals surface area contributed by atoms with Gasteiger partial charge in [-0.15, -0.1) is 0 Å². The first-order valence-electron chi connectivity index (χ1n) is 5.08. The molecular weight excluding hydrogens is 184 g/mol. The molecule has 3 aromatic rings. The Balaban J connectivity index is 2.59. The molecule has 0 amide bonds. The monoisotopic (exact) mass is 196 g/mol. The van der Waals surface area contributed by atoms with Crippen LogP contribution < -0.4 is 0 Å². The minimum atomic E-state index is 1.19. The average molecular weight is 196 g/mol. The fourth-order valence-corrected chi connectivity index (χ4v) is 2.13. The number of pyridine rings is 1. The number of fused-ring (bicyclic) bond motifs is 3. The highest BCUT2D eigenvalue weighted by atomic mass is 14.7. The van der Waals surface area contributed by atoms with Crippen LogP contribution in [-0.4, -0.2) is 9.97 Å². The predicted molar refractivity (Wildman–Crippen MR) is 63.1 cm³/mol. The molecule has 2 heterocycles. The SMILES string of the molecule is Cc1cc2ccc3c(C)cncc3c2[nH]1. The van der Waals surface area contributed by atoms with E-state index < -0.39 is 0 Å². The lowest BCUT2D eigenvalue weighted by Crippen LogP contribution is -1.82. The van der Waals surface area contributed by atoms with E-state index >= 15 is 0 Å².